The van der Waals surface area contributed by atoms with E-state index in [0.29, 0.717) is 5.56 Å². The number of benzene rings is 2. The van der Waals surface area contributed by atoms with Gasteiger partial charge >= 0.3 is 0 Å². The van der Waals surface area contributed by atoms with Crippen LogP contribution in [0.1, 0.15) is 45.0 Å². The minimum atomic E-state index is -2.12. The van der Waals surface area contributed by atoms with E-state index < -0.39 is 59.9 Å². The van der Waals surface area contributed by atoms with E-state index in [1.54, 1.807) is 17.1 Å². The van der Waals surface area contributed by atoms with Crippen LogP contribution in [-0.2, 0) is 11.3 Å². The molecule has 0 radical (unpaired) electrons. The molecule has 0 aliphatic carbocycles. The predicted octanol–water partition coefficient (Wildman–Crippen LogP) is 3.01. The van der Waals surface area contributed by atoms with Crippen molar-refractivity contribution in [2.24, 2.45) is 0 Å². The first-order valence-corrected chi connectivity index (χ1v) is 12.1. The molecule has 1 fully saturated rings. The molecule has 2 aromatic carbocycles. The summed E-state index contributed by atoms with van der Waals surface area (Å²) in [5.41, 5.74) is -0.307. The van der Waals surface area contributed by atoms with Crippen molar-refractivity contribution in [3.05, 3.63) is 92.4 Å². The molecule has 7 rings (SSSR count). The number of pyridine rings is 1. The van der Waals surface area contributed by atoms with Crippen LogP contribution in [0, 0.1) is 11.6 Å². The molecule has 1 amide bonds. The Hall–Kier alpha value is -4.06. The lowest BCUT2D eigenvalue weighted by molar-refractivity contribution is -0.0196. The van der Waals surface area contributed by atoms with Gasteiger partial charge in [0.2, 0.25) is 11.7 Å². The Morgan fingerprint density at radius 3 is 2.58 bits per heavy atom. The van der Waals surface area contributed by atoms with E-state index in [1.165, 1.54) is 27.9 Å². The number of carbonyl (C=O) groups is 1. The number of hydrogen-bond donors (Lipinski definition) is 1. The summed E-state index contributed by atoms with van der Waals surface area (Å²) in [6.07, 6.45) is -3.62. The molecule has 1 N–H and O–H groups in total. The maximum Gasteiger partial charge on any atom is 0.278 e. The highest BCUT2D eigenvalue weighted by Gasteiger charge is 2.50. The first kappa shape index (κ1) is 23.1. The maximum absolute atomic E-state index is 15.4. The molecule has 4 atom stereocenters. The SMILES string of the molecule is O=C1c2c(O)c(=O)ccn2N([C@H]2c3ccc(F)c(F)c3CN3c4c(cccc42)C(F)C3F)[C@@H]2COCCN12. The van der Waals surface area contributed by atoms with Crippen LogP contribution < -0.4 is 15.3 Å². The standard InChI is InChI=1S/C26H20F4N4O4/c27-16-5-4-12-15(19(16)28)10-32-21-13(20(29)25(32)30)2-1-3-14(21)22(12)34-18-11-38-9-8-31(18)26(37)23-24(36)17(35)6-7-33(23)34/h1-7,18,20,22,25,36H,8-11H2/t18-,20?,22+,25?/m1/s1. The second-order valence-corrected chi connectivity index (χ2v) is 9.67. The molecule has 0 bridgehead atoms. The van der Waals surface area contributed by atoms with E-state index in [0.717, 1.165) is 17.0 Å². The van der Waals surface area contributed by atoms with Gasteiger partial charge in [0.15, 0.2) is 29.2 Å². The van der Waals surface area contributed by atoms with E-state index in [2.05, 4.69) is 0 Å². The number of amides is 1. The quantitative estimate of drug-likeness (QED) is 0.387. The number of nitrogens with zero attached hydrogens (tertiary/aromatic N) is 4. The number of fused-ring (bicyclic) bond motifs is 3. The Kier molecular flexibility index (Phi) is 4.84. The second-order valence-electron chi connectivity index (χ2n) is 9.67. The van der Waals surface area contributed by atoms with Gasteiger partial charge in [-0.1, -0.05) is 24.3 Å². The average Bonchev–Trinajstić information content (AvgIpc) is 3.07. The lowest BCUT2D eigenvalue weighted by Crippen LogP contribution is -2.66. The van der Waals surface area contributed by atoms with Gasteiger partial charge in [0.25, 0.3) is 5.91 Å². The second kappa shape index (κ2) is 7.97. The number of morpholine rings is 1. The van der Waals surface area contributed by atoms with E-state index in [4.69, 9.17) is 4.74 Å². The van der Waals surface area contributed by atoms with E-state index in [9.17, 15) is 19.1 Å². The molecule has 4 aliphatic heterocycles. The smallest absolute Gasteiger partial charge is 0.278 e. The zero-order valence-electron chi connectivity index (χ0n) is 19.7. The van der Waals surface area contributed by atoms with Gasteiger partial charge in [0.1, 0.15) is 12.2 Å². The summed E-state index contributed by atoms with van der Waals surface area (Å²) in [5, 5.41) is 12.3. The minimum absolute atomic E-state index is 0.0176. The number of alkyl halides is 2. The molecule has 38 heavy (non-hydrogen) atoms. The number of carbonyl (C=O) groups excluding carboxylic acids is 1. The number of para-hydroxylation sites is 1. The number of hydrogen-bond acceptors (Lipinski definition) is 6. The molecule has 1 aromatic heterocycles. The summed E-state index contributed by atoms with van der Waals surface area (Å²) in [4.78, 5) is 28.3. The van der Waals surface area contributed by atoms with Crippen molar-refractivity contribution in [3.8, 4) is 5.75 Å². The molecular formula is C26H20F4N4O4. The van der Waals surface area contributed by atoms with Crippen molar-refractivity contribution in [1.29, 1.82) is 0 Å². The number of aromatic hydroxyl groups is 1. The highest BCUT2D eigenvalue weighted by Crippen LogP contribution is 2.52. The summed E-state index contributed by atoms with van der Waals surface area (Å²) in [7, 11) is 0. The number of ether oxygens (including phenoxy) is 1. The fraction of sp³-hybridized carbons (Fsp3) is 0.308. The van der Waals surface area contributed by atoms with Gasteiger partial charge < -0.3 is 19.6 Å². The van der Waals surface area contributed by atoms with Gasteiger partial charge in [0, 0.05) is 42.0 Å². The van der Waals surface area contributed by atoms with Crippen molar-refractivity contribution >= 4 is 11.6 Å². The Morgan fingerprint density at radius 2 is 1.76 bits per heavy atom. The first-order chi connectivity index (χ1) is 18.3. The lowest BCUT2D eigenvalue weighted by atomic mass is 9.91. The van der Waals surface area contributed by atoms with Gasteiger partial charge in [-0.15, -0.1) is 0 Å². The van der Waals surface area contributed by atoms with E-state index in [1.807, 2.05) is 0 Å². The van der Waals surface area contributed by atoms with Crippen molar-refractivity contribution in [2.45, 2.75) is 31.2 Å². The van der Waals surface area contributed by atoms with E-state index in [-0.39, 0.29) is 47.8 Å². The molecular weight excluding hydrogens is 508 g/mol. The predicted molar refractivity (Wildman–Crippen MR) is 126 cm³/mol. The van der Waals surface area contributed by atoms with Crippen LogP contribution >= 0.6 is 0 Å². The topological polar surface area (TPSA) is 78.2 Å². The van der Waals surface area contributed by atoms with Crippen LogP contribution in [0.4, 0.5) is 23.2 Å². The summed E-state index contributed by atoms with van der Waals surface area (Å²) < 4.78 is 67.3. The third-order valence-corrected chi connectivity index (χ3v) is 7.81. The summed E-state index contributed by atoms with van der Waals surface area (Å²) in [6.45, 7) is -0.0701. The van der Waals surface area contributed by atoms with Crippen LogP contribution in [0.15, 0.2) is 47.4 Å². The third kappa shape index (κ3) is 2.89. The number of anilines is 1. The van der Waals surface area contributed by atoms with Crippen molar-refractivity contribution in [1.82, 2.24) is 9.58 Å². The highest BCUT2D eigenvalue weighted by atomic mass is 19.2. The minimum Gasteiger partial charge on any atom is -0.502 e. The zero-order valence-corrected chi connectivity index (χ0v) is 19.7. The molecule has 0 spiro atoms. The number of halogens is 4. The first-order valence-electron chi connectivity index (χ1n) is 12.1. The fourth-order valence-electron chi connectivity index (χ4n) is 6.13. The molecule has 4 aliphatic rings. The Balaban J connectivity index is 1.57. The van der Waals surface area contributed by atoms with Crippen molar-refractivity contribution in [2.75, 3.05) is 29.7 Å². The fourth-order valence-corrected chi connectivity index (χ4v) is 6.13. The summed E-state index contributed by atoms with van der Waals surface area (Å²) in [5.74, 6) is -3.70. The molecule has 2 unspecified atom stereocenters. The molecule has 0 saturated carbocycles. The Labute approximate surface area is 212 Å². The monoisotopic (exact) mass is 528 g/mol. The molecule has 5 heterocycles. The van der Waals surface area contributed by atoms with E-state index >= 15 is 13.2 Å². The summed E-state index contributed by atoms with van der Waals surface area (Å²) >= 11 is 0. The van der Waals surface area contributed by atoms with Gasteiger partial charge in [-0.05, 0) is 11.6 Å². The highest BCUT2D eigenvalue weighted by molar-refractivity contribution is 5.96. The van der Waals surface area contributed by atoms with Crippen LogP contribution in [0.5, 0.6) is 5.75 Å². The average molecular weight is 528 g/mol. The zero-order chi connectivity index (χ0) is 26.5. The summed E-state index contributed by atoms with van der Waals surface area (Å²) in [6, 6.07) is 7.07. The van der Waals surface area contributed by atoms with Gasteiger partial charge in [-0.25, -0.2) is 17.6 Å². The van der Waals surface area contributed by atoms with Crippen molar-refractivity contribution < 1.29 is 32.2 Å². The maximum atomic E-state index is 15.4. The van der Waals surface area contributed by atoms with Crippen LogP contribution in [0.25, 0.3) is 0 Å². The molecule has 12 heteroatoms. The normalized spacial score (nSPS) is 25.5. The van der Waals surface area contributed by atoms with Crippen LogP contribution in [0.2, 0.25) is 0 Å². The third-order valence-electron chi connectivity index (χ3n) is 7.81. The van der Waals surface area contributed by atoms with Gasteiger partial charge in [0.05, 0.1) is 18.9 Å². The molecule has 8 nitrogen and oxygen atoms in total. The Morgan fingerprint density at radius 1 is 0.974 bits per heavy atom. The van der Waals surface area contributed by atoms with Gasteiger partial charge in [-0.3, -0.25) is 19.3 Å². The Bertz CT molecular complexity index is 1580. The van der Waals surface area contributed by atoms with Crippen LogP contribution in [0.3, 0.4) is 0 Å². The molecule has 1 saturated heterocycles. The van der Waals surface area contributed by atoms with Gasteiger partial charge in [-0.2, -0.15) is 0 Å². The number of rotatable bonds is 1. The lowest BCUT2D eigenvalue weighted by Gasteiger charge is -2.51. The van der Waals surface area contributed by atoms with Crippen LogP contribution in [-0.4, -0.2) is 52.8 Å². The molecule has 196 valence electrons. The molecule has 3 aromatic rings. The van der Waals surface area contributed by atoms with Crippen molar-refractivity contribution in [3.63, 3.8) is 0 Å². The largest absolute Gasteiger partial charge is 0.502 e. The number of aromatic nitrogens is 1.